The molecule has 3 amide bonds. The summed E-state index contributed by atoms with van der Waals surface area (Å²) in [5, 5.41) is 42.8. The maximum atomic E-state index is 13.5. The smallest absolute Gasteiger partial charge is 0.332 e. The Labute approximate surface area is 718 Å². The average molecular weight is 1700 g/mol. The van der Waals surface area contributed by atoms with Crippen molar-refractivity contribution in [1.82, 2.24) is 14.7 Å². The summed E-state index contributed by atoms with van der Waals surface area (Å²) < 4.78 is 0. The maximum absolute atomic E-state index is 13.5. The molecule has 13 rings (SSSR count). The SMILES string of the molecule is C=C[C@@H]1C[C@]1(N=C(c1ccccc1)c1ccccc1[N-]C(=O)[C@@H]1CCCN1Cc1ccccc1)C(=O)O.CC/C=C/CC.CC/C=C/C[C@@H](N=C(c1ccccc1)c1ccccc1[N-]C(=O)[C@@H]1CCCN1Cc1ccccc1)C(=O)O.O=C(O)CN=C(c1ccccc1)c1ccccc1[N-]C(=O)[C@@H]1CCCN1Cc1ccccc1.[Ni].[Ni].[Ni]. The quantitative estimate of drug-likeness (QED) is 0.0216. The largest absolute Gasteiger partial charge is 0.625 e. The van der Waals surface area contributed by atoms with E-state index < -0.39 is 29.5 Å². The molecule has 1 aliphatic carbocycles. The number of nitrogens with zero attached hydrogens (tertiary/aromatic N) is 9. The zero-order chi connectivity index (χ0) is 80.4. The molecule has 4 aliphatic rings. The van der Waals surface area contributed by atoms with Gasteiger partial charge in [-0.3, -0.25) is 34.5 Å². The van der Waals surface area contributed by atoms with Crippen LogP contribution < -0.4 is 0 Å². The first-order valence-corrected chi connectivity index (χ1v) is 39.5. The number of hydrogen-bond acceptors (Lipinski definition) is 12. The number of carboxylic acids is 3. The van der Waals surface area contributed by atoms with Crippen LogP contribution in [0.4, 0.5) is 17.1 Å². The van der Waals surface area contributed by atoms with E-state index >= 15 is 0 Å². The molecule has 3 heterocycles. The molecule has 6 atom stereocenters. The minimum Gasteiger partial charge on any atom is -0.625 e. The predicted molar refractivity (Wildman–Crippen MR) is 456 cm³/mol. The molecule has 4 fully saturated rings. The first-order valence-electron chi connectivity index (χ1n) is 39.5. The summed E-state index contributed by atoms with van der Waals surface area (Å²) >= 11 is 0. The minimum atomic E-state index is -1.25. The first kappa shape index (κ1) is 93.6. The molecule has 9 aromatic rings. The normalized spacial score (nSPS) is 18.1. The Balaban J connectivity index is 0.000000231. The van der Waals surface area contributed by atoms with Crippen LogP contribution in [-0.4, -0.2) is 139 Å². The van der Waals surface area contributed by atoms with Gasteiger partial charge in [0.15, 0.2) is 11.6 Å². The Morgan fingerprint density at radius 3 is 1.09 bits per heavy atom. The molecule has 21 heteroatoms. The summed E-state index contributed by atoms with van der Waals surface area (Å²) in [7, 11) is 0. The predicted octanol–water partition coefficient (Wildman–Crippen LogP) is 19.4. The van der Waals surface area contributed by atoms with Gasteiger partial charge in [-0.15, -0.1) is 23.6 Å². The van der Waals surface area contributed by atoms with Crippen LogP contribution in [0.2, 0.25) is 0 Å². The molecule has 9 aromatic carbocycles. The fraction of sp³-hybridized carbons (Fsp3) is 0.281. The maximum Gasteiger partial charge on any atom is 0.332 e. The van der Waals surface area contributed by atoms with Gasteiger partial charge in [-0.05, 0) is 124 Å². The van der Waals surface area contributed by atoms with Gasteiger partial charge < -0.3 is 45.7 Å². The van der Waals surface area contributed by atoms with Gasteiger partial charge in [0.05, 0.1) is 53.0 Å². The van der Waals surface area contributed by atoms with E-state index in [2.05, 4.69) is 105 Å². The van der Waals surface area contributed by atoms with Crippen molar-refractivity contribution >= 4 is 69.8 Å². The number of carbonyl (C=O) groups excluding carboxylic acids is 3. The summed E-state index contributed by atoms with van der Waals surface area (Å²) in [5.74, 6) is -3.76. The van der Waals surface area contributed by atoms with Gasteiger partial charge in [0.2, 0.25) is 0 Å². The molecule has 117 heavy (non-hydrogen) atoms. The molecule has 3 aliphatic heterocycles. The van der Waals surface area contributed by atoms with Gasteiger partial charge in [0.1, 0.15) is 6.54 Å². The van der Waals surface area contributed by atoms with E-state index in [1.54, 1.807) is 24.3 Å². The summed E-state index contributed by atoms with van der Waals surface area (Å²) in [6.45, 7) is 14.4. The van der Waals surface area contributed by atoms with E-state index in [1.807, 2.05) is 219 Å². The third-order valence-electron chi connectivity index (χ3n) is 20.2. The minimum absolute atomic E-state index is 0. The molecule has 0 aromatic heterocycles. The van der Waals surface area contributed by atoms with Crippen molar-refractivity contribution in [2.24, 2.45) is 20.9 Å². The molecule has 3 saturated heterocycles. The number of carbonyl (C=O) groups is 6. The second-order valence-corrected chi connectivity index (χ2v) is 28.4. The second-order valence-electron chi connectivity index (χ2n) is 28.4. The van der Waals surface area contributed by atoms with Crippen molar-refractivity contribution in [3.05, 3.63) is 358 Å². The van der Waals surface area contributed by atoms with E-state index in [4.69, 9.17) is 9.98 Å². The van der Waals surface area contributed by atoms with Crippen molar-refractivity contribution in [2.75, 3.05) is 26.2 Å². The number of rotatable bonds is 30. The van der Waals surface area contributed by atoms with Crippen LogP contribution in [0.5, 0.6) is 0 Å². The number of aliphatic carboxylic acids is 3. The number of aliphatic imine (C=N–C) groups is 3. The number of benzene rings is 9. The zero-order valence-corrected chi connectivity index (χ0v) is 69.2. The van der Waals surface area contributed by atoms with Gasteiger partial charge in [-0.25, -0.2) is 9.59 Å². The van der Waals surface area contributed by atoms with Crippen LogP contribution in [-0.2, 0) is 97.9 Å². The van der Waals surface area contributed by atoms with Crippen molar-refractivity contribution in [1.29, 1.82) is 0 Å². The fourth-order valence-corrected chi connectivity index (χ4v) is 14.3. The van der Waals surface area contributed by atoms with Crippen LogP contribution >= 0.6 is 0 Å². The molecular weight excluding hydrogens is 1600 g/mol. The Bertz CT molecular complexity index is 4800. The molecule has 1 saturated carbocycles. The van der Waals surface area contributed by atoms with E-state index in [0.717, 1.165) is 81.3 Å². The number of likely N-dealkylation sites (tertiary alicyclic amines) is 3. The van der Waals surface area contributed by atoms with Gasteiger partial charge in [0.25, 0.3) is 0 Å². The van der Waals surface area contributed by atoms with Gasteiger partial charge in [-0.2, -0.15) is 0 Å². The Hall–Kier alpha value is -10.6. The molecule has 0 spiro atoms. The van der Waals surface area contributed by atoms with Gasteiger partial charge in [-0.1, -0.05) is 306 Å². The molecule has 0 unspecified atom stereocenters. The van der Waals surface area contributed by atoms with Crippen molar-refractivity contribution in [3.63, 3.8) is 0 Å². The third kappa shape index (κ3) is 27.2. The average Bonchev–Trinajstić information content (AvgIpc) is 1.58. The zero-order valence-electron chi connectivity index (χ0n) is 66.2. The Kier molecular flexibility index (Phi) is 39.0. The number of hydrogen-bond donors (Lipinski definition) is 3. The third-order valence-corrected chi connectivity index (χ3v) is 20.2. The monoisotopic (exact) mass is 1700 g/mol. The molecule has 3 N–H and O–H groups in total. The number of amides is 3. The van der Waals surface area contributed by atoms with Crippen molar-refractivity contribution < 1.29 is 93.6 Å². The topological polar surface area (TPSA) is 252 Å². The van der Waals surface area contributed by atoms with Crippen LogP contribution in [0, 0.1) is 5.92 Å². The van der Waals surface area contributed by atoms with Crippen molar-refractivity contribution in [3.8, 4) is 0 Å². The van der Waals surface area contributed by atoms with Crippen LogP contribution in [0.1, 0.15) is 141 Å². The number of carboxylic acid groups (broad SMARTS) is 3. The summed E-state index contributed by atoms with van der Waals surface area (Å²) in [6, 6.07) is 79.0. The Morgan fingerprint density at radius 2 is 0.752 bits per heavy atom. The number of para-hydroxylation sites is 3. The van der Waals surface area contributed by atoms with Crippen molar-refractivity contribution in [2.45, 2.75) is 141 Å². The molecule has 18 nitrogen and oxygen atoms in total. The van der Waals surface area contributed by atoms with Crippen LogP contribution in [0.3, 0.4) is 0 Å². The molecule has 0 radical (unpaired) electrons. The van der Waals surface area contributed by atoms with Crippen LogP contribution in [0.25, 0.3) is 16.0 Å². The molecular formula is C96H102N9Ni3O9-3. The van der Waals surface area contributed by atoms with E-state index in [9.17, 15) is 44.1 Å². The Morgan fingerprint density at radius 1 is 0.436 bits per heavy atom. The number of allylic oxidation sites excluding steroid dienone is 3. The van der Waals surface area contributed by atoms with E-state index in [0.29, 0.717) is 76.9 Å². The van der Waals surface area contributed by atoms with Gasteiger partial charge >= 0.3 is 17.9 Å². The molecule has 0 bridgehead atoms. The standard InChI is InChI=1S/C32H35N3O3.C31H31N3O3.C27H27N3O3.C6H12.3Ni/c1-2-3-6-20-28(32(37)38)33-30(25-16-9-5-10-17-25)26-18-11-12-19-27(26)34-31(36)29-21-13-22-35(29)23-24-14-7-4-8-15-24;1-2-24-20-31(24,30(36)37)33-28(23-14-7-4-8-15-23)25-16-9-10-17-26(25)32-29(35)27-18-11-19-34(27)21-22-12-5-3-6-13-22;31-25(32)18-28-26(21-12-5-2-6-13-21)22-14-7-8-15-23(22)29-27(33)24-16-9-17-30(24)19-20-10-3-1-4-11-20;1-3-5-6-4-2;;;/h3-12,14-19,28-29H,2,13,20-23H2,1H3,(H2,33,34,36,37,38);2-10,12-17,24,27H,1,11,18-21H2,(H2,32,33,35,36,37);1-8,10-15,24H,9,16-19H2,(H2,28,29,31,32,33);5-6H,3-4H2,1-2H3;;;/p-3/b6-3+;;;6-5+;;;/t28-,29+;24-,27+,31-;24-;;;;/m110..../s1. The summed E-state index contributed by atoms with van der Waals surface area (Å²) in [5.41, 5.74) is 9.57. The van der Waals surface area contributed by atoms with Gasteiger partial charge in [0, 0.05) is 91.7 Å². The van der Waals surface area contributed by atoms with Crippen LogP contribution in [0.15, 0.2) is 307 Å². The summed E-state index contributed by atoms with van der Waals surface area (Å²) in [4.78, 5) is 96.1. The molecule has 618 valence electrons. The van der Waals surface area contributed by atoms with E-state index in [-0.39, 0.29) is 104 Å². The second kappa shape index (κ2) is 48.8. The fourth-order valence-electron chi connectivity index (χ4n) is 14.3. The first-order chi connectivity index (χ1) is 55.6. The van der Waals surface area contributed by atoms with E-state index in [1.165, 1.54) is 29.5 Å². The summed E-state index contributed by atoms with van der Waals surface area (Å²) in [6.07, 6.45) is 18.8.